The summed E-state index contributed by atoms with van der Waals surface area (Å²) in [6.07, 6.45) is 1.74. The molecule has 2 aromatic carbocycles. The highest BCUT2D eigenvalue weighted by atomic mass is 16.5. The number of imidazole rings is 1. The molecular formula is C25H28N4O4. The second-order valence-corrected chi connectivity index (χ2v) is 7.93. The minimum Gasteiger partial charge on any atom is -0.497 e. The third-order valence-electron chi connectivity index (χ3n) is 5.81. The molecule has 0 spiro atoms. The second-order valence-electron chi connectivity index (χ2n) is 7.93. The Morgan fingerprint density at radius 3 is 2.58 bits per heavy atom. The van der Waals surface area contributed by atoms with Gasteiger partial charge in [-0.25, -0.2) is 4.98 Å². The highest BCUT2D eigenvalue weighted by molar-refractivity contribution is 5.98. The maximum Gasteiger partial charge on any atom is 0.269 e. The van der Waals surface area contributed by atoms with Gasteiger partial charge in [0.15, 0.2) is 6.61 Å². The third-order valence-corrected chi connectivity index (χ3v) is 5.81. The van der Waals surface area contributed by atoms with Gasteiger partial charge in [0.2, 0.25) is 0 Å². The lowest BCUT2D eigenvalue weighted by Gasteiger charge is -2.31. The lowest BCUT2D eigenvalue weighted by atomic mass is 9.97. The van der Waals surface area contributed by atoms with Crippen LogP contribution in [0.5, 0.6) is 11.5 Å². The van der Waals surface area contributed by atoms with Gasteiger partial charge < -0.3 is 24.7 Å². The largest absolute Gasteiger partial charge is 0.497 e. The number of aromatic amines is 1. The summed E-state index contributed by atoms with van der Waals surface area (Å²) in [6, 6.07) is 16.7. The first-order chi connectivity index (χ1) is 16.1. The average Bonchev–Trinajstić information content (AvgIpc) is 3.33. The van der Waals surface area contributed by atoms with E-state index >= 15 is 0 Å². The number of hydrogen-bond acceptors (Lipinski definition) is 5. The van der Waals surface area contributed by atoms with E-state index in [-0.39, 0.29) is 24.3 Å². The Balaban J connectivity index is 1.50. The predicted molar refractivity (Wildman–Crippen MR) is 124 cm³/mol. The standard InChI is InChI=1S/C25H28N4O4/c1-26-25(31)23-22(17-10-12-19(32-2)13-11-17)27-24(28-23)18-7-6-14-29(15-18)21(30)16-33-20-8-4-3-5-9-20/h3-5,8-13,18H,6-7,14-16H2,1-2H3,(H,26,31)(H,27,28). The Labute approximate surface area is 192 Å². The molecule has 2 heterocycles. The van der Waals surface area contributed by atoms with Crippen LogP contribution in [0, 0.1) is 0 Å². The van der Waals surface area contributed by atoms with Crippen LogP contribution in [0.3, 0.4) is 0 Å². The topological polar surface area (TPSA) is 96.6 Å². The number of hydrogen-bond donors (Lipinski definition) is 2. The number of H-pyrrole nitrogens is 1. The summed E-state index contributed by atoms with van der Waals surface area (Å²) in [5, 5.41) is 2.67. The first-order valence-corrected chi connectivity index (χ1v) is 11.0. The van der Waals surface area contributed by atoms with Gasteiger partial charge in [-0.1, -0.05) is 18.2 Å². The molecule has 2 amide bonds. The summed E-state index contributed by atoms with van der Waals surface area (Å²) < 4.78 is 10.9. The minimum absolute atomic E-state index is 0.00449. The Morgan fingerprint density at radius 2 is 1.88 bits per heavy atom. The van der Waals surface area contributed by atoms with Crippen molar-refractivity contribution < 1.29 is 19.1 Å². The number of piperidine rings is 1. The first kappa shape index (κ1) is 22.4. The lowest BCUT2D eigenvalue weighted by Crippen LogP contribution is -2.41. The number of likely N-dealkylation sites (tertiary alicyclic amines) is 1. The van der Waals surface area contributed by atoms with E-state index in [9.17, 15) is 9.59 Å². The number of rotatable bonds is 7. The van der Waals surface area contributed by atoms with Gasteiger partial charge in [0.1, 0.15) is 28.7 Å². The molecule has 4 rings (SSSR count). The van der Waals surface area contributed by atoms with Crippen molar-refractivity contribution in [3.05, 3.63) is 66.1 Å². The number of ether oxygens (including phenoxy) is 2. The molecule has 1 aliphatic rings. The number of amides is 2. The number of nitrogens with one attached hydrogen (secondary N) is 2. The van der Waals surface area contributed by atoms with Gasteiger partial charge in [0, 0.05) is 31.6 Å². The van der Waals surface area contributed by atoms with Gasteiger partial charge in [-0.05, 0) is 49.2 Å². The van der Waals surface area contributed by atoms with Crippen molar-refractivity contribution in [1.29, 1.82) is 0 Å². The van der Waals surface area contributed by atoms with E-state index in [1.54, 1.807) is 14.2 Å². The SMILES string of the molecule is CNC(=O)c1[nH]c(C2CCCN(C(=O)COc3ccccc3)C2)nc1-c1ccc(OC)cc1. The number of carbonyl (C=O) groups excluding carboxylic acids is 2. The van der Waals surface area contributed by atoms with E-state index in [0.717, 1.165) is 24.2 Å². The van der Waals surface area contributed by atoms with Gasteiger partial charge in [0.25, 0.3) is 11.8 Å². The van der Waals surface area contributed by atoms with E-state index < -0.39 is 0 Å². The number of methoxy groups -OCH3 is 1. The van der Waals surface area contributed by atoms with Gasteiger partial charge in [0.05, 0.1) is 7.11 Å². The Morgan fingerprint density at radius 1 is 1.12 bits per heavy atom. The maximum absolute atomic E-state index is 12.8. The molecule has 1 fully saturated rings. The molecule has 1 atom stereocenters. The van der Waals surface area contributed by atoms with E-state index in [4.69, 9.17) is 14.5 Å². The monoisotopic (exact) mass is 448 g/mol. The Bertz CT molecular complexity index is 1100. The molecule has 3 aromatic rings. The number of benzene rings is 2. The van der Waals surface area contributed by atoms with Crippen molar-refractivity contribution in [3.8, 4) is 22.8 Å². The molecule has 2 N–H and O–H groups in total. The molecule has 172 valence electrons. The summed E-state index contributed by atoms with van der Waals surface area (Å²) >= 11 is 0. The minimum atomic E-state index is -0.237. The van der Waals surface area contributed by atoms with Crippen LogP contribution in [-0.4, -0.2) is 60.5 Å². The number of para-hydroxylation sites is 1. The molecule has 1 aromatic heterocycles. The molecule has 33 heavy (non-hydrogen) atoms. The average molecular weight is 449 g/mol. The number of aromatic nitrogens is 2. The van der Waals surface area contributed by atoms with Crippen LogP contribution in [0.25, 0.3) is 11.3 Å². The normalized spacial score (nSPS) is 15.7. The molecule has 1 unspecified atom stereocenters. The molecular weight excluding hydrogens is 420 g/mol. The third kappa shape index (κ3) is 5.16. The van der Waals surface area contributed by atoms with E-state index in [2.05, 4.69) is 10.3 Å². The van der Waals surface area contributed by atoms with Gasteiger partial charge >= 0.3 is 0 Å². The molecule has 0 bridgehead atoms. The fourth-order valence-electron chi connectivity index (χ4n) is 4.01. The molecule has 1 saturated heterocycles. The second kappa shape index (κ2) is 10.2. The van der Waals surface area contributed by atoms with Gasteiger partial charge in [-0.15, -0.1) is 0 Å². The summed E-state index contributed by atoms with van der Waals surface area (Å²) in [5.74, 6) is 1.83. The van der Waals surface area contributed by atoms with Crippen LogP contribution < -0.4 is 14.8 Å². The van der Waals surface area contributed by atoms with E-state index in [0.29, 0.717) is 36.1 Å². The molecule has 0 saturated carbocycles. The van der Waals surface area contributed by atoms with Crippen molar-refractivity contribution in [2.24, 2.45) is 0 Å². The van der Waals surface area contributed by atoms with E-state index in [1.165, 1.54) is 0 Å². The van der Waals surface area contributed by atoms with Crippen LogP contribution in [0.1, 0.15) is 35.1 Å². The van der Waals surface area contributed by atoms with Crippen LogP contribution in [0.4, 0.5) is 0 Å². The summed E-state index contributed by atoms with van der Waals surface area (Å²) in [5.41, 5.74) is 1.81. The lowest BCUT2D eigenvalue weighted by molar-refractivity contribution is -0.134. The highest BCUT2D eigenvalue weighted by Crippen LogP contribution is 2.30. The fraction of sp³-hybridized carbons (Fsp3) is 0.320. The van der Waals surface area contributed by atoms with Crippen LogP contribution >= 0.6 is 0 Å². The van der Waals surface area contributed by atoms with Crippen molar-refractivity contribution in [2.45, 2.75) is 18.8 Å². The van der Waals surface area contributed by atoms with Crippen LogP contribution in [0.15, 0.2) is 54.6 Å². The quantitative estimate of drug-likeness (QED) is 0.579. The number of carbonyl (C=O) groups is 2. The van der Waals surface area contributed by atoms with Crippen molar-refractivity contribution in [1.82, 2.24) is 20.2 Å². The summed E-state index contributed by atoms with van der Waals surface area (Å²) in [7, 11) is 3.20. The Hall–Kier alpha value is -3.81. The predicted octanol–water partition coefficient (Wildman–Crippen LogP) is 3.23. The van der Waals surface area contributed by atoms with Crippen LogP contribution in [-0.2, 0) is 4.79 Å². The molecule has 8 heteroatoms. The smallest absolute Gasteiger partial charge is 0.269 e. The molecule has 0 aliphatic carbocycles. The van der Waals surface area contributed by atoms with Gasteiger partial charge in [-0.3, -0.25) is 9.59 Å². The molecule has 1 aliphatic heterocycles. The Kier molecular flexibility index (Phi) is 6.92. The highest BCUT2D eigenvalue weighted by Gasteiger charge is 2.29. The van der Waals surface area contributed by atoms with E-state index in [1.807, 2.05) is 59.5 Å². The first-order valence-electron chi connectivity index (χ1n) is 11.0. The summed E-state index contributed by atoms with van der Waals surface area (Å²) in [4.78, 5) is 35.1. The van der Waals surface area contributed by atoms with Gasteiger partial charge in [-0.2, -0.15) is 0 Å². The zero-order chi connectivity index (χ0) is 23.2. The zero-order valence-corrected chi connectivity index (χ0v) is 18.8. The molecule has 0 radical (unpaired) electrons. The van der Waals surface area contributed by atoms with Crippen molar-refractivity contribution in [3.63, 3.8) is 0 Å². The zero-order valence-electron chi connectivity index (χ0n) is 18.8. The van der Waals surface area contributed by atoms with Crippen molar-refractivity contribution in [2.75, 3.05) is 33.9 Å². The fourth-order valence-corrected chi connectivity index (χ4v) is 4.01. The number of nitrogens with zero attached hydrogens (tertiary/aromatic N) is 2. The molecule has 8 nitrogen and oxygen atoms in total. The maximum atomic E-state index is 12.8. The van der Waals surface area contributed by atoms with Crippen molar-refractivity contribution >= 4 is 11.8 Å². The summed E-state index contributed by atoms with van der Waals surface area (Å²) in [6.45, 7) is 1.21. The van der Waals surface area contributed by atoms with Crippen LogP contribution in [0.2, 0.25) is 0 Å².